The van der Waals surface area contributed by atoms with Gasteiger partial charge in [-0.2, -0.15) is 0 Å². The Morgan fingerprint density at radius 3 is 1.91 bits per heavy atom. The van der Waals surface area contributed by atoms with E-state index in [0.29, 0.717) is 6.61 Å². The molecule has 0 aromatic carbocycles. The second-order valence-electron chi connectivity index (χ2n) is 6.16. The second kappa shape index (κ2) is 15.6. The van der Waals surface area contributed by atoms with Gasteiger partial charge in [0.25, 0.3) is 0 Å². The molecule has 0 aromatic rings. The molecule has 0 fully saturated rings. The molecular weight excluding hydrogens is 308 g/mol. The van der Waals surface area contributed by atoms with Crippen LogP contribution in [-0.4, -0.2) is 42.3 Å². The van der Waals surface area contributed by atoms with Gasteiger partial charge < -0.3 is 18.0 Å². The van der Waals surface area contributed by atoms with E-state index in [9.17, 15) is 0 Å². The highest BCUT2D eigenvalue weighted by Crippen LogP contribution is 2.15. The smallest absolute Gasteiger partial charge is 0.377 e. The van der Waals surface area contributed by atoms with E-state index in [1.165, 1.54) is 38.5 Å². The Bertz CT molecular complexity index is 239. The van der Waals surface area contributed by atoms with Crippen molar-refractivity contribution in [3.8, 4) is 0 Å². The number of hydrogen-bond donors (Lipinski definition) is 0. The van der Waals surface area contributed by atoms with Gasteiger partial charge in [-0.15, -0.1) is 0 Å². The van der Waals surface area contributed by atoms with Gasteiger partial charge in [-0.05, 0) is 12.8 Å². The van der Waals surface area contributed by atoms with Crippen molar-refractivity contribution in [3.05, 3.63) is 0 Å². The fourth-order valence-electron chi connectivity index (χ4n) is 2.66. The van der Waals surface area contributed by atoms with Gasteiger partial charge in [0.15, 0.2) is 0 Å². The van der Waals surface area contributed by atoms with Crippen molar-refractivity contribution < 1.29 is 18.0 Å². The van der Waals surface area contributed by atoms with Crippen molar-refractivity contribution in [2.75, 3.05) is 27.4 Å². The summed E-state index contributed by atoms with van der Waals surface area (Å²) in [6.45, 7) is 7.90. The Morgan fingerprint density at radius 1 is 0.783 bits per heavy atom. The van der Waals surface area contributed by atoms with E-state index < -0.39 is 8.80 Å². The Labute approximate surface area is 145 Å². The van der Waals surface area contributed by atoms with Crippen LogP contribution in [0.1, 0.15) is 78.6 Å². The topological polar surface area (TPSA) is 36.9 Å². The molecule has 0 aromatic heterocycles. The van der Waals surface area contributed by atoms with Crippen LogP contribution in [0.5, 0.6) is 0 Å². The van der Waals surface area contributed by atoms with E-state index >= 15 is 0 Å². The van der Waals surface area contributed by atoms with E-state index in [2.05, 4.69) is 13.8 Å². The summed E-state index contributed by atoms with van der Waals surface area (Å²) < 4.78 is 23.0. The SMILES string of the molecule is CCCCCCCCCOC(CCC)CO[Si](CC)(OC)OC. The van der Waals surface area contributed by atoms with Crippen LogP contribution in [0.2, 0.25) is 6.04 Å². The Morgan fingerprint density at radius 2 is 1.39 bits per heavy atom. The van der Waals surface area contributed by atoms with Gasteiger partial charge in [0.05, 0.1) is 12.7 Å². The fourth-order valence-corrected chi connectivity index (χ4v) is 4.28. The minimum atomic E-state index is -2.46. The van der Waals surface area contributed by atoms with Crippen molar-refractivity contribution in [1.82, 2.24) is 0 Å². The molecule has 1 unspecified atom stereocenters. The van der Waals surface area contributed by atoms with Gasteiger partial charge in [0, 0.05) is 26.9 Å². The summed E-state index contributed by atoms with van der Waals surface area (Å²) in [5, 5.41) is 0. The Hall–Kier alpha value is 0.0569. The molecule has 0 rings (SSSR count). The van der Waals surface area contributed by atoms with Crippen molar-refractivity contribution in [3.63, 3.8) is 0 Å². The number of ether oxygens (including phenoxy) is 1. The highest BCUT2D eigenvalue weighted by Gasteiger charge is 2.37. The van der Waals surface area contributed by atoms with Crippen LogP contribution in [-0.2, 0) is 18.0 Å². The zero-order valence-corrected chi connectivity index (χ0v) is 17.2. The molecule has 0 spiro atoms. The molecule has 5 heteroatoms. The van der Waals surface area contributed by atoms with Gasteiger partial charge in [-0.3, -0.25) is 0 Å². The van der Waals surface area contributed by atoms with Gasteiger partial charge in [0.1, 0.15) is 0 Å². The lowest BCUT2D eigenvalue weighted by atomic mass is 10.1. The highest BCUT2D eigenvalue weighted by molar-refractivity contribution is 6.60. The molecule has 0 saturated heterocycles. The summed E-state index contributed by atoms with van der Waals surface area (Å²) >= 11 is 0. The maximum atomic E-state index is 6.03. The summed E-state index contributed by atoms with van der Waals surface area (Å²) in [5.41, 5.74) is 0. The first-order chi connectivity index (χ1) is 11.2. The molecule has 0 amide bonds. The lowest BCUT2D eigenvalue weighted by molar-refractivity contribution is -0.0115. The molecule has 0 aliphatic rings. The normalized spacial score (nSPS) is 13.4. The van der Waals surface area contributed by atoms with Crippen LogP contribution in [0.3, 0.4) is 0 Å². The molecule has 0 aliphatic carbocycles. The zero-order valence-electron chi connectivity index (χ0n) is 16.2. The van der Waals surface area contributed by atoms with Crippen molar-refractivity contribution in [2.24, 2.45) is 0 Å². The van der Waals surface area contributed by atoms with Gasteiger partial charge in [0.2, 0.25) is 0 Å². The number of rotatable bonds is 17. The molecule has 0 saturated carbocycles. The standard InChI is InChI=1S/C18H40O4Si/c1-6-9-10-11-12-13-14-16-21-18(15-7-2)17-22-23(8-3,19-4)20-5/h18H,6-17H2,1-5H3. The number of unbranched alkanes of at least 4 members (excludes halogenated alkanes) is 6. The molecule has 0 N–H and O–H groups in total. The maximum Gasteiger partial charge on any atom is 0.500 e. The van der Waals surface area contributed by atoms with Crippen LogP contribution in [0.4, 0.5) is 0 Å². The van der Waals surface area contributed by atoms with Crippen LogP contribution in [0.15, 0.2) is 0 Å². The third-order valence-corrected chi connectivity index (χ3v) is 6.97. The van der Waals surface area contributed by atoms with Gasteiger partial charge >= 0.3 is 8.80 Å². The van der Waals surface area contributed by atoms with E-state index in [-0.39, 0.29) is 6.10 Å². The van der Waals surface area contributed by atoms with Crippen LogP contribution >= 0.6 is 0 Å². The predicted octanol–water partition coefficient (Wildman–Crippen LogP) is 5.19. The average molecular weight is 349 g/mol. The molecule has 140 valence electrons. The fraction of sp³-hybridized carbons (Fsp3) is 1.00. The molecule has 23 heavy (non-hydrogen) atoms. The molecule has 0 radical (unpaired) electrons. The molecule has 0 heterocycles. The van der Waals surface area contributed by atoms with Crippen molar-refractivity contribution in [1.29, 1.82) is 0 Å². The molecule has 0 bridgehead atoms. The molecule has 1 atom stereocenters. The van der Waals surface area contributed by atoms with Crippen LogP contribution < -0.4 is 0 Å². The lowest BCUT2D eigenvalue weighted by Crippen LogP contribution is -2.45. The molecule has 4 nitrogen and oxygen atoms in total. The Balaban J connectivity index is 3.89. The summed E-state index contributed by atoms with van der Waals surface area (Å²) in [6, 6.07) is 0.788. The highest BCUT2D eigenvalue weighted by atomic mass is 28.4. The monoisotopic (exact) mass is 348 g/mol. The average Bonchev–Trinajstić information content (AvgIpc) is 2.58. The van der Waals surface area contributed by atoms with E-state index in [0.717, 1.165) is 31.9 Å². The first kappa shape index (κ1) is 23.1. The predicted molar refractivity (Wildman–Crippen MR) is 98.8 cm³/mol. The second-order valence-corrected chi connectivity index (χ2v) is 9.34. The largest absolute Gasteiger partial charge is 0.500 e. The number of hydrogen-bond acceptors (Lipinski definition) is 4. The Kier molecular flexibility index (Phi) is 15.6. The molecule has 0 aliphatic heterocycles. The van der Waals surface area contributed by atoms with E-state index in [4.69, 9.17) is 18.0 Å². The van der Waals surface area contributed by atoms with Crippen LogP contribution in [0, 0.1) is 0 Å². The lowest BCUT2D eigenvalue weighted by Gasteiger charge is -2.27. The minimum Gasteiger partial charge on any atom is -0.377 e. The summed E-state index contributed by atoms with van der Waals surface area (Å²) in [7, 11) is 0.886. The first-order valence-corrected chi connectivity index (χ1v) is 11.5. The van der Waals surface area contributed by atoms with Crippen LogP contribution in [0.25, 0.3) is 0 Å². The molecular formula is C18H40O4Si. The third-order valence-electron chi connectivity index (χ3n) is 4.26. The van der Waals surface area contributed by atoms with E-state index in [1.807, 2.05) is 6.92 Å². The quantitative estimate of drug-likeness (QED) is 0.268. The van der Waals surface area contributed by atoms with Gasteiger partial charge in [-0.25, -0.2) is 0 Å². The summed E-state index contributed by atoms with van der Waals surface area (Å²) in [4.78, 5) is 0. The summed E-state index contributed by atoms with van der Waals surface area (Å²) in [6.07, 6.45) is 11.5. The summed E-state index contributed by atoms with van der Waals surface area (Å²) in [5.74, 6) is 0. The zero-order chi connectivity index (χ0) is 17.4. The first-order valence-electron chi connectivity index (χ1n) is 9.53. The van der Waals surface area contributed by atoms with Gasteiger partial charge in [-0.1, -0.05) is 65.7 Å². The third kappa shape index (κ3) is 11.3. The van der Waals surface area contributed by atoms with E-state index in [1.54, 1.807) is 14.2 Å². The van der Waals surface area contributed by atoms with Crippen molar-refractivity contribution >= 4 is 8.80 Å². The maximum absolute atomic E-state index is 6.03. The van der Waals surface area contributed by atoms with Crippen molar-refractivity contribution in [2.45, 2.75) is 90.7 Å². The minimum absolute atomic E-state index is 0.156.